The summed E-state index contributed by atoms with van der Waals surface area (Å²) in [4.78, 5) is 65.7. The zero-order valence-corrected chi connectivity index (χ0v) is 17.5. The molecule has 0 aliphatic heterocycles. The Labute approximate surface area is 193 Å². The maximum absolute atomic E-state index is 14.2. The van der Waals surface area contributed by atoms with Gasteiger partial charge in [0.2, 0.25) is 5.82 Å². The molecule has 0 saturated carbocycles. The number of carbonyl (C=O) groups excluding carboxylic acids is 2. The van der Waals surface area contributed by atoms with Gasteiger partial charge in [-0.25, -0.2) is 14.2 Å². The van der Waals surface area contributed by atoms with Gasteiger partial charge in [0.05, 0.1) is 0 Å². The summed E-state index contributed by atoms with van der Waals surface area (Å²) in [5.74, 6) is -4.64. The van der Waals surface area contributed by atoms with Crippen LogP contribution in [0.3, 0.4) is 0 Å². The van der Waals surface area contributed by atoms with Crippen molar-refractivity contribution < 1.29 is 23.9 Å². The first-order chi connectivity index (χ1) is 16.6. The van der Waals surface area contributed by atoms with Gasteiger partial charge in [0, 0.05) is 24.7 Å². The van der Waals surface area contributed by atoms with Crippen molar-refractivity contribution in [1.29, 1.82) is 0 Å². The van der Waals surface area contributed by atoms with Crippen LogP contribution < -0.4 is 33.0 Å². The molecule has 178 valence electrons. The van der Waals surface area contributed by atoms with Crippen molar-refractivity contribution in [1.82, 2.24) is 24.9 Å². The molecule has 7 N–H and O–H groups in total. The third-order valence-electron chi connectivity index (χ3n) is 4.95. The van der Waals surface area contributed by atoms with Gasteiger partial charge in [0.25, 0.3) is 28.4 Å². The van der Waals surface area contributed by atoms with E-state index >= 15 is 0 Å². The molecule has 2 aromatic carbocycles. The van der Waals surface area contributed by atoms with Gasteiger partial charge in [0.1, 0.15) is 22.9 Å². The lowest BCUT2D eigenvalue weighted by Crippen LogP contribution is -2.37. The molecular weight excluding hydrogens is 467 g/mol. The molecule has 4 aromatic rings. The number of nitrogens with one attached hydrogen (secondary N) is 2. The van der Waals surface area contributed by atoms with Crippen LogP contribution in [0.25, 0.3) is 5.78 Å². The van der Waals surface area contributed by atoms with Crippen molar-refractivity contribution in [3.63, 3.8) is 0 Å². The zero-order valence-electron chi connectivity index (χ0n) is 17.5. The molecule has 0 radical (unpaired) electrons. The van der Waals surface area contributed by atoms with Gasteiger partial charge in [-0.1, -0.05) is 6.07 Å². The molecule has 35 heavy (non-hydrogen) atoms. The number of hydrogen-bond acceptors (Lipinski definition) is 10. The second-order valence-electron chi connectivity index (χ2n) is 7.25. The Morgan fingerprint density at radius 2 is 1.83 bits per heavy atom. The van der Waals surface area contributed by atoms with Crippen LogP contribution in [0.5, 0.6) is 0 Å². The molecule has 2 aromatic heterocycles. The third-order valence-corrected chi connectivity index (χ3v) is 4.95. The summed E-state index contributed by atoms with van der Waals surface area (Å²) in [6.45, 7) is -0.235. The number of benzene rings is 1. The van der Waals surface area contributed by atoms with E-state index in [0.717, 1.165) is 16.6 Å². The van der Waals surface area contributed by atoms with Gasteiger partial charge >= 0.3 is 5.97 Å². The highest BCUT2D eigenvalue weighted by Crippen LogP contribution is 2.15. The van der Waals surface area contributed by atoms with E-state index in [2.05, 4.69) is 25.7 Å². The molecule has 0 aliphatic rings. The maximum Gasteiger partial charge on any atom is 0.354 e. The smallest absolute Gasteiger partial charge is 0.354 e. The highest BCUT2D eigenvalue weighted by Gasteiger charge is 2.21. The fraction of sp³-hybridized carbons (Fsp3) is 0.100. The van der Waals surface area contributed by atoms with Crippen LogP contribution in [-0.2, 0) is 13.1 Å². The molecule has 2 amide bonds. The SMILES string of the molecule is NC(=O)c1nc2nc(C(=O)NCc3ccc(F)c(CNc4c(N)c(=O)c4=O)c3)cc(C(=O)O)n2n1. The Hall–Kier alpha value is -5.21. The van der Waals surface area contributed by atoms with Gasteiger partial charge < -0.3 is 27.2 Å². The van der Waals surface area contributed by atoms with Crippen LogP contribution in [-0.4, -0.2) is 42.5 Å². The number of primary amides is 1. The Morgan fingerprint density at radius 3 is 2.49 bits per heavy atom. The number of nitrogens with two attached hydrogens (primary N) is 2. The Kier molecular flexibility index (Phi) is 5.66. The van der Waals surface area contributed by atoms with E-state index in [1.165, 1.54) is 12.1 Å². The molecule has 0 saturated heterocycles. The molecule has 0 aliphatic carbocycles. The largest absolute Gasteiger partial charge is 0.477 e. The Bertz CT molecular complexity index is 1600. The molecule has 0 unspecified atom stereocenters. The van der Waals surface area contributed by atoms with Crippen molar-refractivity contribution in [3.05, 3.63) is 78.9 Å². The molecule has 0 spiro atoms. The summed E-state index contributed by atoms with van der Waals surface area (Å²) < 4.78 is 14.9. The maximum atomic E-state index is 14.2. The van der Waals surface area contributed by atoms with Crippen molar-refractivity contribution in [2.45, 2.75) is 13.1 Å². The van der Waals surface area contributed by atoms with Gasteiger partial charge in [-0.3, -0.25) is 19.2 Å². The first-order valence-electron chi connectivity index (χ1n) is 9.76. The van der Waals surface area contributed by atoms with E-state index in [1.807, 2.05) is 0 Å². The molecule has 14 nitrogen and oxygen atoms in total. The number of carboxylic acid groups (broad SMARTS) is 1. The zero-order chi connectivity index (χ0) is 25.4. The van der Waals surface area contributed by atoms with Gasteiger partial charge in [-0.15, -0.1) is 5.10 Å². The van der Waals surface area contributed by atoms with E-state index in [9.17, 15) is 33.5 Å². The van der Waals surface area contributed by atoms with Crippen molar-refractivity contribution in [2.75, 3.05) is 11.1 Å². The van der Waals surface area contributed by atoms with Crippen LogP contribution in [0, 0.1) is 5.82 Å². The molecule has 0 fully saturated rings. The highest BCUT2D eigenvalue weighted by molar-refractivity contribution is 5.96. The van der Waals surface area contributed by atoms with E-state index in [1.54, 1.807) is 0 Å². The number of carbonyl (C=O) groups is 3. The predicted octanol–water partition coefficient (Wildman–Crippen LogP) is -1.22. The summed E-state index contributed by atoms with van der Waals surface area (Å²) in [7, 11) is 0. The minimum absolute atomic E-state index is 0.0863. The topological polar surface area (TPSA) is 225 Å². The number of nitrogens with zero attached hydrogens (tertiary/aromatic N) is 4. The van der Waals surface area contributed by atoms with E-state index < -0.39 is 46.0 Å². The molecule has 2 heterocycles. The Morgan fingerprint density at radius 1 is 1.09 bits per heavy atom. The summed E-state index contributed by atoms with van der Waals surface area (Å²) in [6, 6.07) is 4.92. The van der Waals surface area contributed by atoms with E-state index in [4.69, 9.17) is 11.5 Å². The number of amides is 2. The number of rotatable bonds is 8. The molecule has 0 atom stereocenters. The van der Waals surface area contributed by atoms with Crippen molar-refractivity contribution in [2.24, 2.45) is 5.73 Å². The second kappa shape index (κ2) is 8.62. The lowest BCUT2D eigenvalue weighted by molar-refractivity contribution is 0.0686. The number of aromatic carboxylic acids is 1. The van der Waals surface area contributed by atoms with Gasteiger partial charge in [-0.2, -0.15) is 9.50 Å². The van der Waals surface area contributed by atoms with E-state index in [-0.39, 0.29) is 41.5 Å². The minimum atomic E-state index is -1.45. The van der Waals surface area contributed by atoms with Gasteiger partial charge in [0.15, 0.2) is 5.69 Å². The fourth-order valence-electron chi connectivity index (χ4n) is 3.16. The fourth-order valence-corrected chi connectivity index (χ4v) is 3.16. The second-order valence-corrected chi connectivity index (χ2v) is 7.25. The number of fused-ring (bicyclic) bond motifs is 1. The number of nitrogen functional groups attached to an aromatic ring is 1. The standard InChI is InChI=1S/C20H15FN8O6/c21-9-2-1-7(3-8(9)6-24-13-12(22)14(30)15(13)31)5-25-18(33)10-4-11(19(34)35)29-20(26-10)27-17(28-29)16(23)32/h1-4,24H,5-6,22H2,(H2,23,32)(H,25,33)(H,34,35). The van der Waals surface area contributed by atoms with E-state index in [0.29, 0.717) is 5.56 Å². The first kappa shape index (κ1) is 23.0. The lowest BCUT2D eigenvalue weighted by Gasteiger charge is -2.12. The summed E-state index contributed by atoms with van der Waals surface area (Å²) in [5.41, 5.74) is 8.44. The average molecular weight is 482 g/mol. The van der Waals surface area contributed by atoms with Crippen LogP contribution in [0.2, 0.25) is 0 Å². The Balaban J connectivity index is 1.51. The van der Waals surface area contributed by atoms with Crippen LogP contribution in [0.15, 0.2) is 33.9 Å². The van der Waals surface area contributed by atoms with Crippen molar-refractivity contribution >= 4 is 34.9 Å². The van der Waals surface area contributed by atoms with Crippen LogP contribution in [0.4, 0.5) is 15.8 Å². The number of halogens is 1. The quantitative estimate of drug-likeness (QED) is 0.187. The summed E-state index contributed by atoms with van der Waals surface area (Å²) >= 11 is 0. The lowest BCUT2D eigenvalue weighted by atomic mass is 10.1. The molecule has 15 heteroatoms. The number of anilines is 2. The number of carboxylic acids is 1. The summed E-state index contributed by atoms with van der Waals surface area (Å²) in [6.07, 6.45) is 0. The highest BCUT2D eigenvalue weighted by atomic mass is 19.1. The normalized spacial score (nSPS) is 11.0. The predicted molar refractivity (Wildman–Crippen MR) is 117 cm³/mol. The minimum Gasteiger partial charge on any atom is -0.477 e. The van der Waals surface area contributed by atoms with Crippen LogP contribution >= 0.6 is 0 Å². The molecule has 4 rings (SSSR count). The molecular formula is C20H15FN8O6. The monoisotopic (exact) mass is 482 g/mol. The average Bonchev–Trinajstić information content (AvgIpc) is 3.27. The number of aromatic nitrogens is 4. The molecule has 0 bridgehead atoms. The van der Waals surface area contributed by atoms with Crippen molar-refractivity contribution in [3.8, 4) is 0 Å². The summed E-state index contributed by atoms with van der Waals surface area (Å²) in [5, 5.41) is 18.2. The number of hydrogen-bond donors (Lipinski definition) is 5. The first-order valence-corrected chi connectivity index (χ1v) is 9.76. The third kappa shape index (κ3) is 4.24. The van der Waals surface area contributed by atoms with Gasteiger partial charge in [-0.05, 0) is 17.7 Å². The van der Waals surface area contributed by atoms with Crippen LogP contribution in [0.1, 0.15) is 42.7 Å².